The molecule has 1 aromatic carbocycles. The summed E-state index contributed by atoms with van der Waals surface area (Å²) >= 11 is 0. The van der Waals surface area contributed by atoms with Crippen LogP contribution in [0.15, 0.2) is 42.6 Å². The Balaban J connectivity index is 1.71. The SMILES string of the molecule is Cc1cnc2c(c1)nc(Cc1ccccc1)n2CC1CCNCC1. The summed E-state index contributed by atoms with van der Waals surface area (Å²) in [4.78, 5) is 9.61. The molecule has 0 atom stereocenters. The first-order chi connectivity index (χ1) is 11.8. The first-order valence-corrected chi connectivity index (χ1v) is 8.86. The highest BCUT2D eigenvalue weighted by Crippen LogP contribution is 2.22. The molecule has 2 aromatic heterocycles. The van der Waals surface area contributed by atoms with E-state index in [0.29, 0.717) is 5.92 Å². The number of aryl methyl sites for hydroxylation is 1. The Kier molecular flexibility index (Phi) is 4.30. The van der Waals surface area contributed by atoms with Crippen LogP contribution in [-0.2, 0) is 13.0 Å². The molecule has 0 bridgehead atoms. The first-order valence-electron chi connectivity index (χ1n) is 8.86. The molecule has 1 aliphatic heterocycles. The maximum Gasteiger partial charge on any atom is 0.160 e. The number of hydrogen-bond acceptors (Lipinski definition) is 3. The van der Waals surface area contributed by atoms with Crippen molar-refractivity contribution < 1.29 is 0 Å². The molecule has 0 aliphatic carbocycles. The molecule has 124 valence electrons. The predicted octanol–water partition coefficient (Wildman–Crippen LogP) is 3.33. The minimum atomic E-state index is 0.710. The van der Waals surface area contributed by atoms with Crippen LogP contribution in [0.2, 0.25) is 0 Å². The zero-order valence-electron chi connectivity index (χ0n) is 14.2. The zero-order chi connectivity index (χ0) is 16.4. The Labute approximate surface area is 142 Å². The molecule has 0 unspecified atom stereocenters. The standard InChI is InChI=1S/C20H24N4/c1-15-11-18-20(22-13-15)24(14-17-7-9-21-10-8-17)19(23-18)12-16-5-3-2-4-6-16/h2-6,11,13,17,21H,7-10,12,14H2,1H3. The predicted molar refractivity (Wildman–Crippen MR) is 97.1 cm³/mol. The van der Waals surface area contributed by atoms with Gasteiger partial charge >= 0.3 is 0 Å². The highest BCUT2D eigenvalue weighted by atomic mass is 15.1. The molecule has 24 heavy (non-hydrogen) atoms. The molecule has 1 aliphatic rings. The van der Waals surface area contributed by atoms with Gasteiger partial charge in [0.25, 0.3) is 0 Å². The van der Waals surface area contributed by atoms with Crippen molar-refractivity contribution in [1.82, 2.24) is 19.9 Å². The van der Waals surface area contributed by atoms with Crippen molar-refractivity contribution in [1.29, 1.82) is 0 Å². The Morgan fingerprint density at radius 1 is 1.17 bits per heavy atom. The summed E-state index contributed by atoms with van der Waals surface area (Å²) in [5.41, 5.74) is 4.52. The second-order valence-corrected chi connectivity index (χ2v) is 6.85. The van der Waals surface area contributed by atoms with E-state index in [1.54, 1.807) is 0 Å². The van der Waals surface area contributed by atoms with E-state index in [2.05, 4.69) is 53.2 Å². The highest BCUT2D eigenvalue weighted by Gasteiger charge is 2.19. The molecule has 1 N–H and O–H groups in total. The summed E-state index contributed by atoms with van der Waals surface area (Å²) in [6.07, 6.45) is 5.28. The third-order valence-corrected chi connectivity index (χ3v) is 4.91. The second kappa shape index (κ2) is 6.73. The topological polar surface area (TPSA) is 42.7 Å². The molecule has 1 fully saturated rings. The van der Waals surface area contributed by atoms with Gasteiger partial charge in [-0.25, -0.2) is 9.97 Å². The summed E-state index contributed by atoms with van der Waals surface area (Å²) in [7, 11) is 0. The third kappa shape index (κ3) is 3.20. The number of benzene rings is 1. The van der Waals surface area contributed by atoms with Gasteiger partial charge in [0.1, 0.15) is 11.3 Å². The Morgan fingerprint density at radius 3 is 2.75 bits per heavy atom. The van der Waals surface area contributed by atoms with Gasteiger partial charge in [0.05, 0.1) is 0 Å². The number of aromatic nitrogens is 3. The monoisotopic (exact) mass is 320 g/mol. The Morgan fingerprint density at radius 2 is 1.96 bits per heavy atom. The van der Waals surface area contributed by atoms with E-state index in [4.69, 9.17) is 9.97 Å². The number of nitrogens with zero attached hydrogens (tertiary/aromatic N) is 3. The number of fused-ring (bicyclic) bond motifs is 1. The third-order valence-electron chi connectivity index (χ3n) is 4.91. The number of piperidine rings is 1. The molecule has 0 spiro atoms. The van der Waals surface area contributed by atoms with Gasteiger partial charge in [-0.1, -0.05) is 30.3 Å². The number of hydrogen-bond donors (Lipinski definition) is 1. The quantitative estimate of drug-likeness (QED) is 0.802. The molecule has 4 heteroatoms. The molecule has 3 heterocycles. The van der Waals surface area contributed by atoms with Crippen molar-refractivity contribution in [3.63, 3.8) is 0 Å². The van der Waals surface area contributed by atoms with Gasteiger partial charge in [-0.05, 0) is 56.0 Å². The molecule has 1 saturated heterocycles. The normalized spacial score (nSPS) is 15.9. The number of pyridine rings is 1. The van der Waals surface area contributed by atoms with Gasteiger partial charge in [0.2, 0.25) is 0 Å². The molecule has 0 radical (unpaired) electrons. The van der Waals surface area contributed by atoms with Gasteiger partial charge < -0.3 is 9.88 Å². The van der Waals surface area contributed by atoms with Crippen molar-refractivity contribution in [3.8, 4) is 0 Å². The summed E-state index contributed by atoms with van der Waals surface area (Å²) in [5, 5.41) is 3.45. The van der Waals surface area contributed by atoms with Crippen LogP contribution in [0.3, 0.4) is 0 Å². The van der Waals surface area contributed by atoms with Crippen molar-refractivity contribution in [2.24, 2.45) is 5.92 Å². The van der Waals surface area contributed by atoms with Crippen LogP contribution in [0, 0.1) is 12.8 Å². The summed E-state index contributed by atoms with van der Waals surface area (Å²) in [6.45, 7) is 5.35. The number of imidazole rings is 1. The highest BCUT2D eigenvalue weighted by molar-refractivity contribution is 5.72. The van der Waals surface area contributed by atoms with E-state index in [-0.39, 0.29) is 0 Å². The summed E-state index contributed by atoms with van der Waals surface area (Å²) in [5.74, 6) is 1.84. The van der Waals surface area contributed by atoms with Crippen molar-refractivity contribution >= 4 is 11.2 Å². The van der Waals surface area contributed by atoms with Crippen LogP contribution in [0.1, 0.15) is 29.8 Å². The fraction of sp³-hybridized carbons (Fsp3) is 0.400. The van der Waals surface area contributed by atoms with Crippen LogP contribution >= 0.6 is 0 Å². The van der Waals surface area contributed by atoms with Gasteiger partial charge in [-0.15, -0.1) is 0 Å². The van der Waals surface area contributed by atoms with E-state index in [1.165, 1.54) is 24.0 Å². The maximum atomic E-state index is 4.92. The summed E-state index contributed by atoms with van der Waals surface area (Å²) in [6, 6.07) is 12.7. The van der Waals surface area contributed by atoms with Gasteiger partial charge in [-0.3, -0.25) is 0 Å². The van der Waals surface area contributed by atoms with Crippen LogP contribution in [-0.4, -0.2) is 27.6 Å². The van der Waals surface area contributed by atoms with Crippen LogP contribution in [0.4, 0.5) is 0 Å². The smallest absolute Gasteiger partial charge is 0.160 e. The maximum absolute atomic E-state index is 4.92. The van der Waals surface area contributed by atoms with Gasteiger partial charge in [-0.2, -0.15) is 0 Å². The Bertz CT molecular complexity index is 816. The van der Waals surface area contributed by atoms with E-state index in [0.717, 1.165) is 43.0 Å². The molecule has 0 saturated carbocycles. The average molecular weight is 320 g/mol. The number of rotatable bonds is 4. The average Bonchev–Trinajstić information content (AvgIpc) is 2.93. The lowest BCUT2D eigenvalue weighted by atomic mass is 9.98. The van der Waals surface area contributed by atoms with E-state index >= 15 is 0 Å². The van der Waals surface area contributed by atoms with Crippen molar-refractivity contribution in [2.45, 2.75) is 32.7 Å². The number of nitrogens with one attached hydrogen (secondary N) is 1. The van der Waals surface area contributed by atoms with E-state index < -0.39 is 0 Å². The summed E-state index contributed by atoms with van der Waals surface area (Å²) < 4.78 is 2.36. The lowest BCUT2D eigenvalue weighted by Gasteiger charge is -2.23. The fourth-order valence-electron chi connectivity index (χ4n) is 3.59. The second-order valence-electron chi connectivity index (χ2n) is 6.85. The lowest BCUT2D eigenvalue weighted by Crippen LogP contribution is -2.30. The van der Waals surface area contributed by atoms with E-state index in [9.17, 15) is 0 Å². The van der Waals surface area contributed by atoms with E-state index in [1.807, 2.05) is 6.20 Å². The minimum absolute atomic E-state index is 0.710. The fourth-order valence-corrected chi connectivity index (χ4v) is 3.59. The molecular formula is C20H24N4. The lowest BCUT2D eigenvalue weighted by molar-refractivity contribution is 0.333. The minimum Gasteiger partial charge on any atom is -0.317 e. The first kappa shape index (κ1) is 15.3. The zero-order valence-corrected chi connectivity index (χ0v) is 14.2. The van der Waals surface area contributed by atoms with Crippen LogP contribution in [0.25, 0.3) is 11.2 Å². The Hall–Kier alpha value is -2.20. The van der Waals surface area contributed by atoms with Gasteiger partial charge in [0.15, 0.2) is 5.65 Å². The molecule has 3 aromatic rings. The largest absolute Gasteiger partial charge is 0.317 e. The van der Waals surface area contributed by atoms with Crippen molar-refractivity contribution in [3.05, 3.63) is 59.5 Å². The molecular weight excluding hydrogens is 296 g/mol. The molecule has 4 nitrogen and oxygen atoms in total. The molecule has 0 amide bonds. The van der Waals surface area contributed by atoms with Crippen LogP contribution in [0.5, 0.6) is 0 Å². The van der Waals surface area contributed by atoms with Gasteiger partial charge in [0, 0.05) is 19.2 Å². The van der Waals surface area contributed by atoms with Crippen molar-refractivity contribution in [2.75, 3.05) is 13.1 Å². The van der Waals surface area contributed by atoms with Crippen LogP contribution < -0.4 is 5.32 Å². The molecule has 4 rings (SSSR count).